The van der Waals surface area contributed by atoms with Crippen molar-refractivity contribution in [3.8, 4) is 5.75 Å². The van der Waals surface area contributed by atoms with Crippen LogP contribution in [-0.4, -0.2) is 7.11 Å². The van der Waals surface area contributed by atoms with Gasteiger partial charge in [0.05, 0.1) is 12.5 Å². The number of methoxy groups -OCH3 is 1. The van der Waals surface area contributed by atoms with Crippen LogP contribution in [0.25, 0.3) is 0 Å². The summed E-state index contributed by atoms with van der Waals surface area (Å²) in [7, 11) is 1.54. The first-order valence-corrected chi connectivity index (χ1v) is 6.36. The van der Waals surface area contributed by atoms with Crippen LogP contribution in [0.3, 0.4) is 0 Å². The molecule has 2 aromatic rings. The third-order valence-corrected chi connectivity index (χ3v) is 3.32. The largest absolute Gasteiger partial charge is 0.497 e. The summed E-state index contributed by atoms with van der Waals surface area (Å²) in [6, 6.07) is 9.01. The molecule has 0 fully saturated rings. The van der Waals surface area contributed by atoms with Crippen LogP contribution < -0.4 is 4.74 Å². The zero-order valence-electron chi connectivity index (χ0n) is 10.7. The molecule has 0 amide bonds. The minimum absolute atomic E-state index is 0.200. The minimum atomic E-state index is -1.49. The van der Waals surface area contributed by atoms with Crippen molar-refractivity contribution in [2.75, 3.05) is 7.11 Å². The molecule has 106 valence electrons. The second-order valence-corrected chi connectivity index (χ2v) is 4.85. The molecule has 1 atom stereocenters. The van der Waals surface area contributed by atoms with Crippen LogP contribution in [0.15, 0.2) is 36.4 Å². The molecule has 0 aliphatic rings. The Morgan fingerprint density at radius 3 is 2.35 bits per heavy atom. The third kappa shape index (κ3) is 3.25. The zero-order valence-corrected chi connectivity index (χ0v) is 11.4. The highest BCUT2D eigenvalue weighted by Gasteiger charge is 2.16. The molecule has 5 heteroatoms. The van der Waals surface area contributed by atoms with Crippen LogP contribution in [0.2, 0.25) is 0 Å². The van der Waals surface area contributed by atoms with E-state index in [-0.39, 0.29) is 5.56 Å². The van der Waals surface area contributed by atoms with Crippen LogP contribution in [-0.2, 0) is 6.42 Å². The van der Waals surface area contributed by atoms with Gasteiger partial charge in [0.2, 0.25) is 0 Å². The Hall–Kier alpha value is -1.68. The van der Waals surface area contributed by atoms with Crippen LogP contribution in [0, 0.1) is 17.5 Å². The number of hydrogen-bond acceptors (Lipinski definition) is 1. The average Bonchev–Trinajstić information content (AvgIpc) is 2.44. The topological polar surface area (TPSA) is 9.23 Å². The van der Waals surface area contributed by atoms with Gasteiger partial charge in [0.25, 0.3) is 0 Å². The quantitative estimate of drug-likeness (QED) is 0.590. The normalized spacial score (nSPS) is 12.2. The van der Waals surface area contributed by atoms with Gasteiger partial charge < -0.3 is 4.74 Å². The highest BCUT2D eigenvalue weighted by atomic mass is 35.5. The van der Waals surface area contributed by atoms with Crippen molar-refractivity contribution >= 4 is 11.6 Å². The lowest BCUT2D eigenvalue weighted by Gasteiger charge is -2.11. The summed E-state index contributed by atoms with van der Waals surface area (Å²) in [5.41, 5.74) is 1.06. The van der Waals surface area contributed by atoms with Crippen molar-refractivity contribution < 1.29 is 17.9 Å². The summed E-state index contributed by atoms with van der Waals surface area (Å²) in [4.78, 5) is 0. The molecule has 2 rings (SSSR count). The number of hydrogen-bond donors (Lipinski definition) is 0. The first kappa shape index (κ1) is 14.7. The molecule has 0 saturated heterocycles. The Balaban J connectivity index is 2.21. The van der Waals surface area contributed by atoms with Gasteiger partial charge in [-0.1, -0.05) is 12.1 Å². The number of halogens is 4. The van der Waals surface area contributed by atoms with E-state index < -0.39 is 22.8 Å². The Labute approximate surface area is 119 Å². The summed E-state index contributed by atoms with van der Waals surface area (Å²) in [6.07, 6.45) is 0.350. The summed E-state index contributed by atoms with van der Waals surface area (Å²) < 4.78 is 44.3. The molecular weight excluding hydrogens is 289 g/mol. The smallest absolute Gasteiger partial charge is 0.194 e. The third-order valence-electron chi connectivity index (χ3n) is 2.92. The fourth-order valence-electron chi connectivity index (χ4n) is 1.88. The summed E-state index contributed by atoms with van der Waals surface area (Å²) >= 11 is 6.14. The van der Waals surface area contributed by atoms with Gasteiger partial charge in [-0.3, -0.25) is 0 Å². The maximum Gasteiger partial charge on any atom is 0.194 e. The van der Waals surface area contributed by atoms with Crippen LogP contribution in [0.4, 0.5) is 13.2 Å². The number of alkyl halides is 1. The van der Waals surface area contributed by atoms with Gasteiger partial charge in [0.15, 0.2) is 17.5 Å². The highest BCUT2D eigenvalue weighted by Crippen LogP contribution is 2.28. The zero-order chi connectivity index (χ0) is 14.7. The molecular formula is C15H12ClF3O. The molecule has 0 saturated carbocycles. The van der Waals surface area contributed by atoms with Crippen molar-refractivity contribution in [2.24, 2.45) is 0 Å². The Morgan fingerprint density at radius 2 is 1.75 bits per heavy atom. The number of ether oxygens (including phenoxy) is 1. The molecule has 0 heterocycles. The van der Waals surface area contributed by atoms with E-state index in [1.165, 1.54) is 0 Å². The summed E-state index contributed by atoms with van der Waals surface area (Å²) in [5, 5.41) is -0.660. The van der Waals surface area contributed by atoms with E-state index in [0.717, 1.165) is 17.7 Å². The number of benzene rings is 2. The maximum absolute atomic E-state index is 13.2. The molecule has 0 N–H and O–H groups in total. The van der Waals surface area contributed by atoms with Crippen LogP contribution >= 0.6 is 11.6 Å². The summed E-state index contributed by atoms with van der Waals surface area (Å²) in [6.45, 7) is 0. The van der Waals surface area contributed by atoms with Crippen LogP contribution in [0.5, 0.6) is 5.75 Å². The average molecular weight is 301 g/mol. The van der Waals surface area contributed by atoms with Crippen molar-refractivity contribution in [3.63, 3.8) is 0 Å². The van der Waals surface area contributed by atoms with E-state index in [1.54, 1.807) is 25.3 Å². The van der Waals surface area contributed by atoms with Gasteiger partial charge in [-0.2, -0.15) is 0 Å². The Bertz CT molecular complexity index is 593. The second-order valence-electron chi connectivity index (χ2n) is 4.32. The highest BCUT2D eigenvalue weighted by molar-refractivity contribution is 6.20. The van der Waals surface area contributed by atoms with Gasteiger partial charge in [-0.15, -0.1) is 11.6 Å². The van der Waals surface area contributed by atoms with Gasteiger partial charge in [-0.05, 0) is 41.8 Å². The second kappa shape index (κ2) is 6.18. The fraction of sp³-hybridized carbons (Fsp3) is 0.200. The van der Waals surface area contributed by atoms with Gasteiger partial charge >= 0.3 is 0 Å². The SMILES string of the molecule is COc1cccc(CC(Cl)c2cc(F)c(F)c(F)c2)c1. The van der Waals surface area contributed by atoms with Crippen molar-refractivity contribution in [1.29, 1.82) is 0 Å². The molecule has 20 heavy (non-hydrogen) atoms. The lowest BCUT2D eigenvalue weighted by atomic mass is 10.0. The maximum atomic E-state index is 13.2. The minimum Gasteiger partial charge on any atom is -0.497 e. The van der Waals surface area contributed by atoms with Crippen molar-refractivity contribution in [3.05, 3.63) is 65.0 Å². The van der Waals surface area contributed by atoms with Gasteiger partial charge in [-0.25, -0.2) is 13.2 Å². The Kier molecular flexibility index (Phi) is 4.55. The molecule has 0 aliphatic carbocycles. The summed E-state index contributed by atoms with van der Waals surface area (Å²) in [5.74, 6) is -3.30. The first-order valence-electron chi connectivity index (χ1n) is 5.92. The van der Waals surface area contributed by atoms with Gasteiger partial charge in [0, 0.05) is 0 Å². The van der Waals surface area contributed by atoms with E-state index in [1.807, 2.05) is 6.07 Å². The predicted molar refractivity (Wildman–Crippen MR) is 71.6 cm³/mol. The fourth-order valence-corrected chi connectivity index (χ4v) is 2.18. The molecule has 0 radical (unpaired) electrons. The monoisotopic (exact) mass is 300 g/mol. The lowest BCUT2D eigenvalue weighted by Crippen LogP contribution is -2.00. The molecule has 0 aromatic heterocycles. The standard InChI is InChI=1S/C15H12ClF3O/c1-20-11-4-2-3-9(5-11)6-12(16)10-7-13(17)15(19)14(18)8-10/h2-5,7-8,12H,6H2,1H3. The number of rotatable bonds is 4. The molecule has 0 bridgehead atoms. The van der Waals surface area contributed by atoms with E-state index in [2.05, 4.69) is 0 Å². The molecule has 2 aromatic carbocycles. The molecule has 1 nitrogen and oxygen atoms in total. The lowest BCUT2D eigenvalue weighted by molar-refractivity contribution is 0.414. The molecule has 1 unspecified atom stereocenters. The predicted octanol–water partition coefficient (Wildman–Crippen LogP) is 4.64. The van der Waals surface area contributed by atoms with Crippen molar-refractivity contribution in [1.82, 2.24) is 0 Å². The molecule has 0 aliphatic heterocycles. The van der Waals surface area contributed by atoms with Gasteiger partial charge in [0.1, 0.15) is 5.75 Å². The van der Waals surface area contributed by atoms with E-state index >= 15 is 0 Å². The van der Waals surface area contributed by atoms with Crippen LogP contribution in [0.1, 0.15) is 16.5 Å². The van der Waals surface area contributed by atoms with Crippen molar-refractivity contribution in [2.45, 2.75) is 11.8 Å². The first-order chi connectivity index (χ1) is 9.51. The van der Waals surface area contributed by atoms with E-state index in [4.69, 9.17) is 16.3 Å². The van der Waals surface area contributed by atoms with E-state index in [0.29, 0.717) is 12.2 Å². The Morgan fingerprint density at radius 1 is 1.10 bits per heavy atom. The molecule has 0 spiro atoms. The van der Waals surface area contributed by atoms with E-state index in [9.17, 15) is 13.2 Å².